The van der Waals surface area contributed by atoms with Crippen molar-refractivity contribution in [3.63, 3.8) is 0 Å². The molecule has 0 saturated heterocycles. The van der Waals surface area contributed by atoms with Gasteiger partial charge in [0.1, 0.15) is 0 Å². The third-order valence-corrected chi connectivity index (χ3v) is 1.75. The zero-order chi connectivity index (χ0) is 12.3. The fourth-order valence-electron chi connectivity index (χ4n) is 1.20. The van der Waals surface area contributed by atoms with E-state index in [4.69, 9.17) is 0 Å². The summed E-state index contributed by atoms with van der Waals surface area (Å²) in [5.41, 5.74) is -1.41. The van der Waals surface area contributed by atoms with E-state index in [1.165, 1.54) is 12.1 Å². The molecule has 1 amide bonds. The first-order valence-electron chi connectivity index (χ1n) is 4.20. The van der Waals surface area contributed by atoms with Gasteiger partial charge in [-0.3, -0.25) is 14.9 Å². The van der Waals surface area contributed by atoms with Crippen LogP contribution in [0.2, 0.25) is 0 Å². The lowest BCUT2D eigenvalue weighted by atomic mass is 10.1. The van der Waals surface area contributed by atoms with E-state index >= 15 is 0 Å². The molecule has 0 aliphatic rings. The van der Waals surface area contributed by atoms with E-state index in [0.29, 0.717) is 0 Å². The second-order valence-electron chi connectivity index (χ2n) is 2.93. The first kappa shape index (κ1) is 11.6. The van der Waals surface area contributed by atoms with Gasteiger partial charge in [-0.1, -0.05) is 6.07 Å². The average Bonchev–Trinajstić information content (AvgIpc) is 2.15. The summed E-state index contributed by atoms with van der Waals surface area (Å²) in [4.78, 5) is 31.3. The fourth-order valence-corrected chi connectivity index (χ4v) is 1.20. The van der Waals surface area contributed by atoms with Crippen molar-refractivity contribution in [3.05, 3.63) is 33.9 Å². The lowest BCUT2D eigenvalue weighted by Gasteiger charge is -2.10. The largest absolute Gasteiger partial charge is 0.544 e. The van der Waals surface area contributed by atoms with Crippen molar-refractivity contribution in [3.8, 4) is 0 Å². The summed E-state index contributed by atoms with van der Waals surface area (Å²) < 4.78 is 0. The topological polar surface area (TPSA) is 112 Å². The van der Waals surface area contributed by atoms with Gasteiger partial charge in [-0.2, -0.15) is 0 Å². The molecule has 0 bridgehead atoms. The van der Waals surface area contributed by atoms with Crippen molar-refractivity contribution in [2.45, 2.75) is 6.92 Å². The number of rotatable bonds is 3. The smallest absolute Gasteiger partial charge is 0.280 e. The quantitative estimate of drug-likeness (QED) is 0.568. The standard InChI is InChI=1S/C9H8N2O5/c1-5(12)10-6-3-2-4-7(11(15)16)8(6)9(13)14/h2-4H,1H3,(H,10,12)(H,13,14)/p-1. The molecule has 1 N–H and O–H groups in total. The Morgan fingerprint density at radius 3 is 2.44 bits per heavy atom. The van der Waals surface area contributed by atoms with Gasteiger partial charge in [0.05, 0.1) is 22.1 Å². The van der Waals surface area contributed by atoms with Crippen molar-refractivity contribution < 1.29 is 19.6 Å². The Balaban J connectivity index is 3.38. The molecule has 0 saturated carbocycles. The Morgan fingerprint density at radius 2 is 2.00 bits per heavy atom. The van der Waals surface area contributed by atoms with Crippen LogP contribution in [0.25, 0.3) is 0 Å². The number of carboxylic acids is 1. The lowest BCUT2D eigenvalue weighted by molar-refractivity contribution is -0.385. The van der Waals surface area contributed by atoms with Crippen LogP contribution in [0.4, 0.5) is 11.4 Å². The summed E-state index contributed by atoms with van der Waals surface area (Å²) in [6, 6.07) is 3.55. The summed E-state index contributed by atoms with van der Waals surface area (Å²) >= 11 is 0. The molecule has 0 spiro atoms. The SMILES string of the molecule is CC(=O)Nc1cccc([N+](=O)[O-])c1C(=O)[O-]. The molecule has 1 aromatic rings. The van der Waals surface area contributed by atoms with Crippen LogP contribution < -0.4 is 10.4 Å². The number of nitro groups is 1. The van der Waals surface area contributed by atoms with E-state index in [9.17, 15) is 24.8 Å². The highest BCUT2D eigenvalue weighted by molar-refractivity contribution is 6.02. The van der Waals surface area contributed by atoms with Crippen LogP contribution in [-0.2, 0) is 4.79 Å². The van der Waals surface area contributed by atoms with Crippen LogP contribution in [0.3, 0.4) is 0 Å². The molecular weight excluding hydrogens is 216 g/mol. The molecule has 0 aliphatic carbocycles. The fraction of sp³-hybridized carbons (Fsp3) is 0.111. The summed E-state index contributed by atoms with van der Waals surface area (Å²) in [5.74, 6) is -2.24. The molecule has 7 heteroatoms. The van der Waals surface area contributed by atoms with Gasteiger partial charge < -0.3 is 15.2 Å². The number of nitro benzene ring substituents is 1. The first-order chi connectivity index (χ1) is 7.43. The molecule has 16 heavy (non-hydrogen) atoms. The van der Waals surface area contributed by atoms with Gasteiger partial charge in [-0.05, 0) is 6.07 Å². The summed E-state index contributed by atoms with van der Waals surface area (Å²) in [7, 11) is 0. The zero-order valence-electron chi connectivity index (χ0n) is 8.22. The van der Waals surface area contributed by atoms with E-state index < -0.39 is 28.1 Å². The normalized spacial score (nSPS) is 9.56. The van der Waals surface area contributed by atoms with Gasteiger partial charge in [-0.25, -0.2) is 0 Å². The highest BCUT2D eigenvalue weighted by atomic mass is 16.6. The second kappa shape index (κ2) is 4.39. The second-order valence-corrected chi connectivity index (χ2v) is 2.93. The number of amides is 1. The van der Waals surface area contributed by atoms with Gasteiger partial charge in [0.2, 0.25) is 5.91 Å². The number of nitrogens with one attached hydrogen (secondary N) is 1. The minimum absolute atomic E-state index is 0.151. The molecule has 0 heterocycles. The Hall–Kier alpha value is -2.44. The minimum atomic E-state index is -1.71. The molecule has 0 aromatic heterocycles. The molecule has 0 atom stereocenters. The lowest BCUT2D eigenvalue weighted by Crippen LogP contribution is -2.25. The van der Waals surface area contributed by atoms with E-state index in [-0.39, 0.29) is 5.69 Å². The molecule has 1 rings (SSSR count). The van der Waals surface area contributed by atoms with E-state index in [2.05, 4.69) is 5.32 Å². The summed E-state index contributed by atoms with van der Waals surface area (Å²) in [5, 5.41) is 23.5. The van der Waals surface area contributed by atoms with Crippen LogP contribution in [0.15, 0.2) is 18.2 Å². The van der Waals surface area contributed by atoms with Gasteiger partial charge in [-0.15, -0.1) is 0 Å². The summed E-state index contributed by atoms with van der Waals surface area (Å²) in [6.45, 7) is 1.16. The van der Waals surface area contributed by atoms with Crippen LogP contribution in [0, 0.1) is 10.1 Å². The molecule has 7 nitrogen and oxygen atoms in total. The van der Waals surface area contributed by atoms with Crippen LogP contribution in [0.1, 0.15) is 17.3 Å². The molecule has 0 unspecified atom stereocenters. The van der Waals surface area contributed by atoms with Crippen molar-refractivity contribution >= 4 is 23.3 Å². The first-order valence-corrected chi connectivity index (χ1v) is 4.20. The van der Waals surface area contributed by atoms with Gasteiger partial charge >= 0.3 is 0 Å². The molecule has 84 valence electrons. The zero-order valence-corrected chi connectivity index (χ0v) is 8.22. The van der Waals surface area contributed by atoms with Crippen molar-refractivity contribution in [1.29, 1.82) is 0 Å². The number of carboxylic acid groups (broad SMARTS) is 1. The summed E-state index contributed by atoms with van der Waals surface area (Å²) in [6.07, 6.45) is 0. The van der Waals surface area contributed by atoms with E-state index in [0.717, 1.165) is 13.0 Å². The van der Waals surface area contributed by atoms with Crippen LogP contribution in [-0.4, -0.2) is 16.8 Å². The minimum Gasteiger partial charge on any atom is -0.544 e. The number of hydrogen-bond donors (Lipinski definition) is 1. The van der Waals surface area contributed by atoms with Crippen molar-refractivity contribution in [2.24, 2.45) is 0 Å². The van der Waals surface area contributed by atoms with Crippen LogP contribution >= 0.6 is 0 Å². The van der Waals surface area contributed by atoms with Crippen molar-refractivity contribution in [1.82, 2.24) is 0 Å². The molecule has 0 fully saturated rings. The molecule has 1 aromatic carbocycles. The van der Waals surface area contributed by atoms with Gasteiger partial charge in [0.15, 0.2) is 0 Å². The van der Waals surface area contributed by atoms with Crippen molar-refractivity contribution in [2.75, 3.05) is 5.32 Å². The number of anilines is 1. The number of carbonyl (C=O) groups excluding carboxylic acids is 2. The van der Waals surface area contributed by atoms with E-state index in [1.807, 2.05) is 0 Å². The molecule has 0 radical (unpaired) electrons. The Morgan fingerprint density at radius 1 is 1.38 bits per heavy atom. The number of aromatic carboxylic acids is 1. The highest BCUT2D eigenvalue weighted by Gasteiger charge is 2.18. The Labute approximate surface area is 89.8 Å². The molecule has 0 aliphatic heterocycles. The maximum absolute atomic E-state index is 10.8. The maximum Gasteiger partial charge on any atom is 0.280 e. The monoisotopic (exact) mass is 223 g/mol. The number of hydrogen-bond acceptors (Lipinski definition) is 5. The highest BCUT2D eigenvalue weighted by Crippen LogP contribution is 2.25. The third kappa shape index (κ3) is 2.32. The predicted octanol–water partition coefficient (Wildman–Crippen LogP) is -0.0833. The Kier molecular flexibility index (Phi) is 3.19. The van der Waals surface area contributed by atoms with Crippen LogP contribution in [0.5, 0.6) is 0 Å². The van der Waals surface area contributed by atoms with Gasteiger partial charge in [0, 0.05) is 13.0 Å². The predicted molar refractivity (Wildman–Crippen MR) is 51.7 cm³/mol. The van der Waals surface area contributed by atoms with Gasteiger partial charge in [0.25, 0.3) is 5.69 Å². The Bertz CT molecular complexity index is 469. The van der Waals surface area contributed by atoms with E-state index in [1.54, 1.807) is 0 Å². The average molecular weight is 223 g/mol. The third-order valence-electron chi connectivity index (χ3n) is 1.75. The maximum atomic E-state index is 10.8. The molecular formula is C9H7N2O5-. The number of nitrogens with zero attached hydrogens (tertiary/aromatic N) is 1. The number of carbonyl (C=O) groups is 2. The number of benzene rings is 1.